The number of amides is 1. The Bertz CT molecular complexity index is 1040. The van der Waals surface area contributed by atoms with Gasteiger partial charge in [-0.05, 0) is 44.5 Å². The van der Waals surface area contributed by atoms with Gasteiger partial charge in [-0.1, -0.05) is 11.6 Å². The molecule has 0 atom stereocenters. The number of rotatable bonds is 1. The highest BCUT2D eigenvalue weighted by molar-refractivity contribution is 6.31. The zero-order valence-electron chi connectivity index (χ0n) is 14.1. The Morgan fingerprint density at radius 3 is 2.72 bits per heavy atom. The van der Waals surface area contributed by atoms with Crippen molar-refractivity contribution in [3.8, 4) is 0 Å². The summed E-state index contributed by atoms with van der Waals surface area (Å²) in [5.74, 6) is -0.473. The van der Waals surface area contributed by atoms with Crippen LogP contribution in [0.15, 0.2) is 18.2 Å². The summed E-state index contributed by atoms with van der Waals surface area (Å²) in [4.78, 5) is 19.0. The topological polar surface area (TPSA) is 50.5 Å². The zero-order valence-corrected chi connectivity index (χ0v) is 14.9. The van der Waals surface area contributed by atoms with Crippen LogP contribution in [0, 0.1) is 26.6 Å². The van der Waals surface area contributed by atoms with Crippen LogP contribution in [0.2, 0.25) is 5.02 Å². The number of hydrogen-bond donors (Lipinski definition) is 0. The first-order valence-corrected chi connectivity index (χ1v) is 8.33. The highest BCUT2D eigenvalue weighted by Gasteiger charge is 2.30. The van der Waals surface area contributed by atoms with E-state index in [1.165, 1.54) is 18.2 Å². The van der Waals surface area contributed by atoms with Crippen LogP contribution >= 0.6 is 11.6 Å². The monoisotopic (exact) mass is 358 g/mol. The average Bonchev–Trinajstić information content (AvgIpc) is 3.11. The number of aryl methyl sites for hydroxylation is 3. The molecule has 1 aliphatic rings. The molecule has 0 bridgehead atoms. The Kier molecular flexibility index (Phi) is 3.54. The van der Waals surface area contributed by atoms with Crippen molar-refractivity contribution in [3.05, 3.63) is 62.8 Å². The van der Waals surface area contributed by atoms with Gasteiger partial charge in [0.2, 0.25) is 0 Å². The molecule has 0 N–H and O–H groups in total. The van der Waals surface area contributed by atoms with Crippen molar-refractivity contribution >= 4 is 23.2 Å². The number of carbonyl (C=O) groups excluding carboxylic acids is 1. The second kappa shape index (κ2) is 5.52. The first-order chi connectivity index (χ1) is 11.9. The molecule has 1 amide bonds. The van der Waals surface area contributed by atoms with E-state index in [-0.39, 0.29) is 11.7 Å². The minimum Gasteiger partial charge on any atom is -0.328 e. The van der Waals surface area contributed by atoms with Crippen molar-refractivity contribution in [2.45, 2.75) is 33.9 Å². The first-order valence-electron chi connectivity index (χ1n) is 7.95. The second-order valence-corrected chi connectivity index (χ2v) is 6.76. The normalized spacial score (nSPS) is 13.6. The molecule has 7 heteroatoms. The van der Waals surface area contributed by atoms with Crippen molar-refractivity contribution in [1.29, 1.82) is 0 Å². The van der Waals surface area contributed by atoms with Gasteiger partial charge in [0, 0.05) is 11.1 Å². The van der Waals surface area contributed by atoms with E-state index in [1.807, 2.05) is 13.8 Å². The lowest BCUT2D eigenvalue weighted by molar-refractivity contribution is 0.0749. The third-order valence-corrected chi connectivity index (χ3v) is 5.21. The van der Waals surface area contributed by atoms with Gasteiger partial charge in [0.25, 0.3) is 5.91 Å². The van der Waals surface area contributed by atoms with E-state index in [2.05, 4.69) is 10.1 Å². The number of carbonyl (C=O) groups is 1. The standard InChI is InChI=1S/C18H16ClFN4O/c1-9-6-12(20)4-5-13(9)18(25)23-7-14-15(8-23)22-24-11(3)16(19)10(2)21-17(14)24/h4-6H,7-8H2,1-3H3. The molecule has 0 saturated heterocycles. The summed E-state index contributed by atoms with van der Waals surface area (Å²) in [6, 6.07) is 4.21. The Hall–Kier alpha value is -2.47. The fourth-order valence-electron chi connectivity index (χ4n) is 3.29. The van der Waals surface area contributed by atoms with Crippen molar-refractivity contribution in [3.63, 3.8) is 0 Å². The fraction of sp³-hybridized carbons (Fsp3) is 0.278. The number of hydrogen-bond acceptors (Lipinski definition) is 3. The summed E-state index contributed by atoms with van der Waals surface area (Å²) in [5, 5.41) is 5.17. The van der Waals surface area contributed by atoms with Gasteiger partial charge < -0.3 is 4.90 Å². The predicted octanol–water partition coefficient (Wildman–Crippen LogP) is 3.60. The number of aromatic nitrogens is 3. The van der Waals surface area contributed by atoms with E-state index in [1.54, 1.807) is 16.3 Å². The lowest BCUT2D eigenvalue weighted by Gasteiger charge is -2.17. The lowest BCUT2D eigenvalue weighted by atomic mass is 10.1. The summed E-state index contributed by atoms with van der Waals surface area (Å²) in [6.07, 6.45) is 0. The largest absolute Gasteiger partial charge is 0.328 e. The van der Waals surface area contributed by atoms with Crippen LogP contribution in [0.1, 0.15) is 38.6 Å². The van der Waals surface area contributed by atoms with Crippen molar-refractivity contribution < 1.29 is 9.18 Å². The third kappa shape index (κ3) is 2.40. The van der Waals surface area contributed by atoms with E-state index in [4.69, 9.17) is 11.6 Å². The molecular formula is C18H16ClFN4O. The molecule has 4 rings (SSSR count). The van der Waals surface area contributed by atoms with Crippen molar-refractivity contribution in [1.82, 2.24) is 19.5 Å². The Balaban J connectivity index is 1.71. The molecule has 0 unspecified atom stereocenters. The summed E-state index contributed by atoms with van der Waals surface area (Å²) >= 11 is 6.25. The zero-order chi connectivity index (χ0) is 17.9. The first kappa shape index (κ1) is 16.0. The highest BCUT2D eigenvalue weighted by Crippen LogP contribution is 2.30. The minimum absolute atomic E-state index is 0.129. The van der Waals surface area contributed by atoms with Crippen LogP contribution in [0.3, 0.4) is 0 Å². The SMILES string of the molecule is Cc1cc(F)ccc1C(=O)N1Cc2nn3c(C)c(Cl)c(C)nc3c2C1. The van der Waals surface area contributed by atoms with Gasteiger partial charge in [-0.3, -0.25) is 4.79 Å². The quantitative estimate of drug-likeness (QED) is 0.667. The molecule has 0 radical (unpaired) electrons. The van der Waals surface area contributed by atoms with Gasteiger partial charge in [0.05, 0.1) is 35.2 Å². The molecular weight excluding hydrogens is 343 g/mol. The van der Waals surface area contributed by atoms with Crippen LogP contribution in [0.25, 0.3) is 5.65 Å². The summed E-state index contributed by atoms with van der Waals surface area (Å²) in [7, 11) is 0. The molecule has 0 saturated carbocycles. The van der Waals surface area contributed by atoms with Crippen LogP contribution in [0.5, 0.6) is 0 Å². The molecule has 1 aromatic carbocycles. The van der Waals surface area contributed by atoms with Gasteiger partial charge >= 0.3 is 0 Å². The van der Waals surface area contributed by atoms with Crippen molar-refractivity contribution in [2.24, 2.45) is 0 Å². The molecule has 128 valence electrons. The molecule has 0 spiro atoms. The number of benzene rings is 1. The Morgan fingerprint density at radius 2 is 2.00 bits per heavy atom. The van der Waals surface area contributed by atoms with Crippen molar-refractivity contribution in [2.75, 3.05) is 0 Å². The highest BCUT2D eigenvalue weighted by atomic mass is 35.5. The van der Waals surface area contributed by atoms with E-state index in [9.17, 15) is 9.18 Å². The summed E-state index contributed by atoms with van der Waals surface area (Å²) < 4.78 is 15.0. The number of fused-ring (bicyclic) bond motifs is 3. The molecule has 25 heavy (non-hydrogen) atoms. The Morgan fingerprint density at radius 1 is 1.24 bits per heavy atom. The molecule has 5 nitrogen and oxygen atoms in total. The lowest BCUT2D eigenvalue weighted by Crippen LogP contribution is -2.26. The van der Waals surface area contributed by atoms with E-state index in [0.717, 1.165) is 28.3 Å². The maximum absolute atomic E-state index is 13.3. The third-order valence-electron chi connectivity index (χ3n) is 4.66. The van der Waals surface area contributed by atoms with Gasteiger partial charge in [-0.2, -0.15) is 5.10 Å². The maximum Gasteiger partial charge on any atom is 0.254 e. The molecule has 3 heterocycles. The number of nitrogens with zero attached hydrogens (tertiary/aromatic N) is 4. The second-order valence-electron chi connectivity index (χ2n) is 6.38. The van der Waals surface area contributed by atoms with E-state index in [0.29, 0.717) is 29.2 Å². The Labute approximate surface area is 149 Å². The van der Waals surface area contributed by atoms with Gasteiger partial charge in [0.1, 0.15) is 5.82 Å². The van der Waals surface area contributed by atoms with Gasteiger partial charge in [0.15, 0.2) is 5.65 Å². The molecule has 0 fully saturated rings. The van der Waals surface area contributed by atoms with Gasteiger partial charge in [-0.15, -0.1) is 0 Å². The predicted molar refractivity (Wildman–Crippen MR) is 92.2 cm³/mol. The molecule has 2 aromatic heterocycles. The van der Waals surface area contributed by atoms with Crippen LogP contribution in [0.4, 0.5) is 4.39 Å². The van der Waals surface area contributed by atoms with E-state index < -0.39 is 0 Å². The summed E-state index contributed by atoms with van der Waals surface area (Å²) in [5.41, 5.74) is 5.22. The van der Waals surface area contributed by atoms with Crippen LogP contribution in [-0.4, -0.2) is 25.4 Å². The molecule has 1 aliphatic heterocycles. The van der Waals surface area contributed by atoms with Crippen LogP contribution < -0.4 is 0 Å². The molecule has 3 aromatic rings. The maximum atomic E-state index is 13.3. The van der Waals surface area contributed by atoms with Gasteiger partial charge in [-0.25, -0.2) is 13.9 Å². The van der Waals surface area contributed by atoms with Crippen LogP contribution in [-0.2, 0) is 13.1 Å². The average molecular weight is 359 g/mol. The number of halogens is 2. The molecule has 0 aliphatic carbocycles. The summed E-state index contributed by atoms with van der Waals surface area (Å²) in [6.45, 7) is 6.33. The van der Waals surface area contributed by atoms with E-state index >= 15 is 0 Å². The fourth-order valence-corrected chi connectivity index (χ4v) is 3.42. The smallest absolute Gasteiger partial charge is 0.254 e. The minimum atomic E-state index is -0.344.